The van der Waals surface area contributed by atoms with Crippen molar-refractivity contribution in [3.05, 3.63) is 23.4 Å². The molecule has 0 radical (unpaired) electrons. The van der Waals surface area contributed by atoms with Crippen molar-refractivity contribution in [3.8, 4) is 0 Å². The molecule has 4 nitrogen and oxygen atoms in total. The molecule has 0 amide bonds. The molecule has 0 saturated heterocycles. The van der Waals surface area contributed by atoms with Crippen LogP contribution in [0.25, 0.3) is 5.65 Å². The molecule has 50 valence electrons. The molecule has 0 aliphatic heterocycles. The monoisotopic (exact) mass is 152 g/mol. The van der Waals surface area contributed by atoms with Crippen LogP contribution in [0.15, 0.2) is 18.6 Å². The lowest BCUT2D eigenvalue weighted by molar-refractivity contribution is 0.872. The second-order valence-electron chi connectivity index (χ2n) is 1.81. The Morgan fingerprint density at radius 2 is 2.40 bits per heavy atom. The van der Waals surface area contributed by atoms with Gasteiger partial charge in [-0.1, -0.05) is 0 Å². The molecule has 0 spiro atoms. The summed E-state index contributed by atoms with van der Waals surface area (Å²) in [7, 11) is 0. The fraction of sp³-hybridized carbons (Fsp3) is 0. The van der Waals surface area contributed by atoms with E-state index in [0.717, 1.165) is 5.65 Å². The quantitative estimate of drug-likeness (QED) is 0.567. The second-order valence-corrected chi connectivity index (χ2v) is 2.18. The number of nitrogens with one attached hydrogen (secondary N) is 1. The van der Waals surface area contributed by atoms with E-state index in [1.54, 1.807) is 10.7 Å². The van der Waals surface area contributed by atoms with Crippen molar-refractivity contribution in [2.45, 2.75) is 0 Å². The molecule has 2 rings (SSSR count). The zero-order valence-corrected chi connectivity index (χ0v) is 5.80. The first kappa shape index (κ1) is 5.55. The molecule has 0 saturated carbocycles. The maximum atomic E-state index is 4.89. The van der Waals surface area contributed by atoms with Gasteiger partial charge in [-0.05, 0) is 12.2 Å². The fourth-order valence-electron chi connectivity index (χ4n) is 0.776. The molecule has 0 aliphatic rings. The third-order valence-electron chi connectivity index (χ3n) is 1.21. The minimum atomic E-state index is 0.495. The van der Waals surface area contributed by atoms with Crippen molar-refractivity contribution in [1.29, 1.82) is 0 Å². The highest BCUT2D eigenvalue weighted by atomic mass is 32.1. The molecular weight excluding hydrogens is 148 g/mol. The lowest BCUT2D eigenvalue weighted by Crippen LogP contribution is -1.92. The van der Waals surface area contributed by atoms with Gasteiger partial charge in [0, 0.05) is 12.3 Å². The van der Waals surface area contributed by atoms with Crippen molar-refractivity contribution in [2.75, 3.05) is 0 Å². The van der Waals surface area contributed by atoms with Gasteiger partial charge in [-0.15, -0.1) is 0 Å². The molecule has 0 atom stereocenters. The number of aromatic amines is 1. The fourth-order valence-corrected chi connectivity index (χ4v) is 0.970. The van der Waals surface area contributed by atoms with Crippen LogP contribution >= 0.6 is 12.2 Å². The summed E-state index contributed by atoms with van der Waals surface area (Å²) in [5.41, 5.74) is 0.792. The molecular formula is C5H4N4S. The van der Waals surface area contributed by atoms with Gasteiger partial charge in [0.25, 0.3) is 0 Å². The van der Waals surface area contributed by atoms with Crippen LogP contribution in [-0.4, -0.2) is 19.6 Å². The van der Waals surface area contributed by atoms with Gasteiger partial charge in [-0.25, -0.2) is 14.5 Å². The summed E-state index contributed by atoms with van der Waals surface area (Å²) in [5, 5.41) is 2.88. The zero-order valence-electron chi connectivity index (χ0n) is 4.98. The van der Waals surface area contributed by atoms with Crippen LogP contribution in [0.3, 0.4) is 0 Å². The molecule has 2 aromatic heterocycles. The van der Waals surface area contributed by atoms with E-state index < -0.39 is 0 Å². The van der Waals surface area contributed by atoms with E-state index in [1.807, 2.05) is 6.07 Å². The van der Waals surface area contributed by atoms with Gasteiger partial charge < -0.3 is 0 Å². The van der Waals surface area contributed by atoms with Gasteiger partial charge in [0.05, 0.1) is 0 Å². The standard InChI is InChI=1S/C5H4N4S/c10-5-7-3-6-4-1-2-8-9(4)5/h1-3,8H. The van der Waals surface area contributed by atoms with E-state index in [4.69, 9.17) is 12.2 Å². The Morgan fingerprint density at radius 3 is 3.20 bits per heavy atom. The molecule has 0 unspecified atom stereocenters. The summed E-state index contributed by atoms with van der Waals surface area (Å²) in [4.78, 5) is 7.77. The van der Waals surface area contributed by atoms with E-state index in [2.05, 4.69) is 15.1 Å². The first-order chi connectivity index (χ1) is 4.88. The lowest BCUT2D eigenvalue weighted by Gasteiger charge is -1.88. The van der Waals surface area contributed by atoms with Gasteiger partial charge in [0.1, 0.15) is 6.33 Å². The number of H-pyrrole nitrogens is 1. The van der Waals surface area contributed by atoms with Crippen LogP contribution in [-0.2, 0) is 0 Å². The topological polar surface area (TPSA) is 46.0 Å². The normalized spacial score (nSPS) is 10.4. The molecule has 5 heteroatoms. The number of aromatic nitrogens is 4. The summed E-state index contributed by atoms with van der Waals surface area (Å²) in [6, 6.07) is 1.83. The molecule has 1 N–H and O–H groups in total. The largest absolute Gasteiger partial charge is 0.297 e. The predicted octanol–water partition coefficient (Wildman–Crippen LogP) is 0.787. The number of fused-ring (bicyclic) bond motifs is 1. The Morgan fingerprint density at radius 1 is 1.50 bits per heavy atom. The third-order valence-corrected chi connectivity index (χ3v) is 1.50. The molecule has 2 aromatic rings. The van der Waals surface area contributed by atoms with E-state index >= 15 is 0 Å². The van der Waals surface area contributed by atoms with Gasteiger partial charge in [-0.2, -0.15) is 0 Å². The van der Waals surface area contributed by atoms with E-state index in [1.165, 1.54) is 6.33 Å². The smallest absolute Gasteiger partial charge is 0.222 e. The van der Waals surface area contributed by atoms with Gasteiger partial charge in [0.2, 0.25) is 4.77 Å². The average Bonchev–Trinajstić information content (AvgIpc) is 2.36. The maximum absolute atomic E-state index is 4.89. The van der Waals surface area contributed by atoms with Crippen molar-refractivity contribution < 1.29 is 0 Å². The highest BCUT2D eigenvalue weighted by molar-refractivity contribution is 7.71. The summed E-state index contributed by atoms with van der Waals surface area (Å²) < 4.78 is 2.13. The Kier molecular flexibility index (Phi) is 1.04. The Labute approximate surface area is 61.5 Å². The highest BCUT2D eigenvalue weighted by Gasteiger charge is 1.91. The van der Waals surface area contributed by atoms with Crippen LogP contribution in [0.2, 0.25) is 0 Å². The van der Waals surface area contributed by atoms with E-state index in [-0.39, 0.29) is 0 Å². The van der Waals surface area contributed by atoms with Crippen molar-refractivity contribution in [2.24, 2.45) is 0 Å². The number of hydrogen-bond donors (Lipinski definition) is 1. The zero-order chi connectivity index (χ0) is 6.97. The highest BCUT2D eigenvalue weighted by Crippen LogP contribution is 1.93. The van der Waals surface area contributed by atoms with Crippen LogP contribution in [0.5, 0.6) is 0 Å². The minimum absolute atomic E-state index is 0.495. The lowest BCUT2D eigenvalue weighted by atomic mass is 10.7. The van der Waals surface area contributed by atoms with Crippen molar-refractivity contribution in [1.82, 2.24) is 19.6 Å². The summed E-state index contributed by atoms with van der Waals surface area (Å²) in [5.74, 6) is 0. The maximum Gasteiger partial charge on any atom is 0.222 e. The van der Waals surface area contributed by atoms with Crippen LogP contribution in [0.1, 0.15) is 0 Å². The third kappa shape index (κ3) is 0.640. The van der Waals surface area contributed by atoms with E-state index in [0.29, 0.717) is 4.77 Å². The Bertz CT molecular complexity index is 401. The Hall–Kier alpha value is -1.23. The predicted molar refractivity (Wildman–Crippen MR) is 38.2 cm³/mol. The first-order valence-electron chi connectivity index (χ1n) is 2.75. The second kappa shape index (κ2) is 1.88. The van der Waals surface area contributed by atoms with Gasteiger partial charge in [0.15, 0.2) is 5.65 Å². The molecule has 10 heavy (non-hydrogen) atoms. The summed E-state index contributed by atoms with van der Waals surface area (Å²) in [6.45, 7) is 0. The first-order valence-corrected chi connectivity index (χ1v) is 3.16. The molecule has 0 fully saturated rings. The minimum Gasteiger partial charge on any atom is -0.297 e. The summed E-state index contributed by atoms with van der Waals surface area (Å²) in [6.07, 6.45) is 3.21. The van der Waals surface area contributed by atoms with Crippen molar-refractivity contribution >= 4 is 17.9 Å². The number of rotatable bonds is 0. The average molecular weight is 152 g/mol. The molecule has 0 aliphatic carbocycles. The van der Waals surface area contributed by atoms with Gasteiger partial charge >= 0.3 is 0 Å². The van der Waals surface area contributed by atoms with E-state index in [9.17, 15) is 0 Å². The molecule has 0 bridgehead atoms. The molecule has 0 aromatic carbocycles. The number of nitrogens with zero attached hydrogens (tertiary/aromatic N) is 3. The van der Waals surface area contributed by atoms with Crippen LogP contribution in [0, 0.1) is 4.77 Å². The van der Waals surface area contributed by atoms with Gasteiger partial charge in [-0.3, -0.25) is 5.10 Å². The number of hydrogen-bond acceptors (Lipinski definition) is 3. The summed E-state index contributed by atoms with van der Waals surface area (Å²) >= 11 is 4.89. The SMILES string of the molecule is S=c1ncnc2cc[nH]n12. The Balaban J connectivity index is 3.09. The van der Waals surface area contributed by atoms with Crippen LogP contribution in [0.4, 0.5) is 0 Å². The van der Waals surface area contributed by atoms with Crippen LogP contribution < -0.4 is 0 Å². The van der Waals surface area contributed by atoms with Crippen molar-refractivity contribution in [3.63, 3.8) is 0 Å². The molecule has 2 heterocycles.